The molecule has 1 amide bonds. The lowest BCUT2D eigenvalue weighted by Crippen LogP contribution is -2.40. The second-order valence-corrected chi connectivity index (χ2v) is 7.37. The molecule has 3 N–H and O–H groups in total. The van der Waals surface area contributed by atoms with E-state index in [2.05, 4.69) is 15.4 Å². The summed E-state index contributed by atoms with van der Waals surface area (Å²) >= 11 is 0. The molecule has 1 aromatic carbocycles. The summed E-state index contributed by atoms with van der Waals surface area (Å²) < 4.78 is 26.3. The fourth-order valence-corrected chi connectivity index (χ4v) is 3.30. The maximum Gasteiger partial charge on any atom is 0.223 e. The van der Waals surface area contributed by atoms with Crippen molar-refractivity contribution in [1.82, 2.24) is 15.4 Å². The molecule has 1 aromatic rings. The molecule has 2 rings (SSSR count). The van der Waals surface area contributed by atoms with Gasteiger partial charge in [0, 0.05) is 19.0 Å². The Hall–Kier alpha value is -1.15. The molecule has 0 atom stereocenters. The van der Waals surface area contributed by atoms with E-state index in [1.54, 1.807) is 0 Å². The SMILES string of the molecule is Cl.O=C(NCCS(=O)(=O)NCc1ccccc1)C1CCNCC1. The molecular weight excluding hydrogens is 338 g/mol. The number of amides is 1. The van der Waals surface area contributed by atoms with Gasteiger partial charge in [-0.3, -0.25) is 4.79 Å². The predicted molar refractivity (Wildman–Crippen MR) is 92.9 cm³/mol. The molecule has 1 aliphatic heterocycles. The van der Waals surface area contributed by atoms with E-state index in [0.29, 0.717) is 0 Å². The Kier molecular flexibility index (Phi) is 8.54. The molecular formula is C15H24ClN3O3S. The molecule has 0 spiro atoms. The molecule has 1 fully saturated rings. The number of nitrogens with one attached hydrogen (secondary N) is 3. The Balaban J connectivity index is 0.00000264. The summed E-state index contributed by atoms with van der Waals surface area (Å²) in [7, 11) is -3.38. The molecule has 1 heterocycles. The fourth-order valence-electron chi connectivity index (χ4n) is 2.40. The Morgan fingerprint density at radius 3 is 2.48 bits per heavy atom. The lowest BCUT2D eigenvalue weighted by atomic mass is 9.97. The third-order valence-corrected chi connectivity index (χ3v) is 5.04. The minimum atomic E-state index is -3.38. The van der Waals surface area contributed by atoms with Crippen LogP contribution in [0.15, 0.2) is 30.3 Å². The first-order valence-corrected chi connectivity index (χ1v) is 9.22. The number of sulfonamides is 1. The van der Waals surface area contributed by atoms with Gasteiger partial charge in [-0.2, -0.15) is 0 Å². The Labute approximate surface area is 143 Å². The number of carbonyl (C=O) groups is 1. The van der Waals surface area contributed by atoms with Crippen molar-refractivity contribution in [3.63, 3.8) is 0 Å². The number of carbonyl (C=O) groups excluding carboxylic acids is 1. The number of rotatable bonds is 7. The van der Waals surface area contributed by atoms with Crippen LogP contribution in [0.3, 0.4) is 0 Å². The molecule has 0 bridgehead atoms. The lowest BCUT2D eigenvalue weighted by molar-refractivity contribution is -0.125. The first kappa shape index (κ1) is 19.9. The van der Waals surface area contributed by atoms with Crippen molar-refractivity contribution in [1.29, 1.82) is 0 Å². The summed E-state index contributed by atoms with van der Waals surface area (Å²) in [6.07, 6.45) is 1.62. The van der Waals surface area contributed by atoms with E-state index >= 15 is 0 Å². The molecule has 130 valence electrons. The van der Waals surface area contributed by atoms with Gasteiger partial charge >= 0.3 is 0 Å². The highest BCUT2D eigenvalue weighted by Gasteiger charge is 2.21. The van der Waals surface area contributed by atoms with Crippen LogP contribution in [0.5, 0.6) is 0 Å². The van der Waals surface area contributed by atoms with Gasteiger partial charge in [-0.05, 0) is 31.5 Å². The molecule has 8 heteroatoms. The largest absolute Gasteiger partial charge is 0.355 e. The van der Waals surface area contributed by atoms with Gasteiger partial charge in [0.2, 0.25) is 15.9 Å². The van der Waals surface area contributed by atoms with Crippen LogP contribution in [0.25, 0.3) is 0 Å². The molecule has 0 aromatic heterocycles. The highest BCUT2D eigenvalue weighted by atomic mass is 35.5. The van der Waals surface area contributed by atoms with Crippen LogP contribution in [-0.2, 0) is 21.4 Å². The predicted octanol–water partition coefficient (Wildman–Crippen LogP) is 0.644. The van der Waals surface area contributed by atoms with Crippen LogP contribution in [0.1, 0.15) is 18.4 Å². The summed E-state index contributed by atoms with van der Waals surface area (Å²) in [6, 6.07) is 9.34. The maximum absolute atomic E-state index is 11.9. The van der Waals surface area contributed by atoms with Crippen LogP contribution in [-0.4, -0.2) is 39.7 Å². The molecule has 1 aliphatic rings. The second kappa shape index (κ2) is 9.87. The average Bonchev–Trinajstić information content (AvgIpc) is 2.55. The fraction of sp³-hybridized carbons (Fsp3) is 0.533. The Morgan fingerprint density at radius 2 is 1.83 bits per heavy atom. The average molecular weight is 362 g/mol. The second-order valence-electron chi connectivity index (χ2n) is 5.44. The van der Waals surface area contributed by atoms with E-state index in [1.807, 2.05) is 30.3 Å². The summed E-state index contributed by atoms with van der Waals surface area (Å²) in [6.45, 7) is 2.10. The monoisotopic (exact) mass is 361 g/mol. The summed E-state index contributed by atoms with van der Waals surface area (Å²) in [4.78, 5) is 11.9. The van der Waals surface area contributed by atoms with Crippen LogP contribution in [0, 0.1) is 5.92 Å². The zero-order chi connectivity index (χ0) is 15.8. The first-order valence-electron chi connectivity index (χ1n) is 7.56. The molecule has 0 radical (unpaired) electrons. The smallest absolute Gasteiger partial charge is 0.223 e. The third-order valence-electron chi connectivity index (χ3n) is 3.72. The van der Waals surface area contributed by atoms with Gasteiger partial charge in [-0.1, -0.05) is 30.3 Å². The Bertz CT molecular complexity index is 575. The summed E-state index contributed by atoms with van der Waals surface area (Å²) in [5, 5.41) is 5.92. The van der Waals surface area contributed by atoms with Gasteiger partial charge in [0.25, 0.3) is 0 Å². The van der Waals surface area contributed by atoms with Crippen molar-refractivity contribution in [2.75, 3.05) is 25.4 Å². The van der Waals surface area contributed by atoms with E-state index < -0.39 is 10.0 Å². The topological polar surface area (TPSA) is 87.3 Å². The van der Waals surface area contributed by atoms with Gasteiger partial charge in [0.1, 0.15) is 0 Å². The van der Waals surface area contributed by atoms with Crippen molar-refractivity contribution in [3.05, 3.63) is 35.9 Å². The third kappa shape index (κ3) is 7.30. The minimum absolute atomic E-state index is 0. The molecule has 0 unspecified atom stereocenters. The van der Waals surface area contributed by atoms with Crippen LogP contribution >= 0.6 is 12.4 Å². The number of halogens is 1. The van der Waals surface area contributed by atoms with Crippen molar-refractivity contribution in [2.45, 2.75) is 19.4 Å². The number of hydrogen-bond donors (Lipinski definition) is 3. The standard InChI is InChI=1S/C15H23N3O3S.ClH/c19-15(14-6-8-16-9-7-14)17-10-11-22(20,21)18-12-13-4-2-1-3-5-13;/h1-5,14,16,18H,6-12H2,(H,17,19);1H. The summed E-state index contributed by atoms with van der Waals surface area (Å²) in [5.41, 5.74) is 0.907. The molecule has 0 saturated carbocycles. The normalized spacial score (nSPS) is 15.7. The van der Waals surface area contributed by atoms with Crippen LogP contribution in [0.2, 0.25) is 0 Å². The van der Waals surface area contributed by atoms with Gasteiger partial charge in [0.15, 0.2) is 0 Å². The molecule has 23 heavy (non-hydrogen) atoms. The van der Waals surface area contributed by atoms with Gasteiger partial charge < -0.3 is 10.6 Å². The maximum atomic E-state index is 11.9. The van der Waals surface area contributed by atoms with Crippen molar-refractivity contribution in [2.24, 2.45) is 5.92 Å². The van der Waals surface area contributed by atoms with E-state index in [1.165, 1.54) is 0 Å². The van der Waals surface area contributed by atoms with Gasteiger partial charge in [-0.25, -0.2) is 13.1 Å². The first-order chi connectivity index (χ1) is 10.6. The van der Waals surface area contributed by atoms with E-state index in [9.17, 15) is 13.2 Å². The molecule has 0 aliphatic carbocycles. The number of hydrogen-bond acceptors (Lipinski definition) is 4. The van der Waals surface area contributed by atoms with E-state index in [4.69, 9.17) is 0 Å². The zero-order valence-electron chi connectivity index (χ0n) is 13.0. The van der Waals surface area contributed by atoms with Crippen molar-refractivity contribution in [3.8, 4) is 0 Å². The van der Waals surface area contributed by atoms with Crippen molar-refractivity contribution >= 4 is 28.3 Å². The molecule has 6 nitrogen and oxygen atoms in total. The lowest BCUT2D eigenvalue weighted by Gasteiger charge is -2.21. The number of piperidine rings is 1. The van der Waals surface area contributed by atoms with Gasteiger partial charge in [0.05, 0.1) is 5.75 Å². The summed E-state index contributed by atoms with van der Waals surface area (Å²) in [5.74, 6) is -0.141. The highest BCUT2D eigenvalue weighted by molar-refractivity contribution is 7.89. The number of benzene rings is 1. The van der Waals surface area contributed by atoms with Crippen molar-refractivity contribution < 1.29 is 13.2 Å². The molecule has 1 saturated heterocycles. The minimum Gasteiger partial charge on any atom is -0.355 e. The van der Waals surface area contributed by atoms with Gasteiger partial charge in [-0.15, -0.1) is 12.4 Å². The van der Waals surface area contributed by atoms with Crippen LogP contribution in [0.4, 0.5) is 0 Å². The Morgan fingerprint density at radius 1 is 1.17 bits per heavy atom. The van der Waals surface area contributed by atoms with E-state index in [-0.39, 0.29) is 43.1 Å². The zero-order valence-corrected chi connectivity index (χ0v) is 14.6. The van der Waals surface area contributed by atoms with Crippen LogP contribution < -0.4 is 15.4 Å². The quantitative estimate of drug-likeness (QED) is 0.665. The van der Waals surface area contributed by atoms with E-state index in [0.717, 1.165) is 31.5 Å². The highest BCUT2D eigenvalue weighted by Crippen LogP contribution is 2.11.